The Morgan fingerprint density at radius 1 is 1.28 bits per heavy atom. The third-order valence-electron chi connectivity index (χ3n) is 3.50. The van der Waals surface area contributed by atoms with Crippen LogP contribution in [0.3, 0.4) is 0 Å². The first-order valence-electron chi connectivity index (χ1n) is 6.29. The van der Waals surface area contributed by atoms with Crippen molar-refractivity contribution < 1.29 is 19.7 Å². The van der Waals surface area contributed by atoms with Crippen molar-refractivity contribution in [3.8, 4) is 0 Å². The number of rotatable bonds is 8. The Labute approximate surface area is 110 Å². The largest absolute Gasteiger partial charge is 0.481 e. The van der Waals surface area contributed by atoms with E-state index in [1.165, 1.54) is 0 Å². The predicted molar refractivity (Wildman–Crippen MR) is 70.6 cm³/mol. The van der Waals surface area contributed by atoms with Crippen molar-refractivity contribution in [2.45, 2.75) is 59.3 Å². The van der Waals surface area contributed by atoms with Crippen molar-refractivity contribution in [2.24, 2.45) is 5.41 Å². The van der Waals surface area contributed by atoms with Crippen LogP contribution >= 0.6 is 0 Å². The Hall–Kier alpha value is -0.650. The molecule has 3 N–H and O–H groups in total. The monoisotopic (exact) mass is 261 g/mol. The van der Waals surface area contributed by atoms with Crippen LogP contribution in [-0.4, -0.2) is 47.1 Å². The van der Waals surface area contributed by atoms with Crippen molar-refractivity contribution in [1.82, 2.24) is 5.32 Å². The fourth-order valence-corrected chi connectivity index (χ4v) is 1.22. The maximum absolute atomic E-state index is 11.2. The van der Waals surface area contributed by atoms with Crippen molar-refractivity contribution in [3.05, 3.63) is 0 Å². The molecule has 0 saturated carbocycles. The van der Waals surface area contributed by atoms with E-state index >= 15 is 0 Å². The normalized spacial score (nSPS) is 14.9. The number of aliphatic hydroxyl groups is 1. The van der Waals surface area contributed by atoms with Gasteiger partial charge in [0.2, 0.25) is 0 Å². The minimum Gasteiger partial charge on any atom is -0.481 e. The summed E-state index contributed by atoms with van der Waals surface area (Å²) in [5, 5.41) is 22.0. The first-order chi connectivity index (χ1) is 8.00. The molecule has 0 heterocycles. The molecule has 108 valence electrons. The highest BCUT2D eigenvalue weighted by molar-refractivity contribution is 5.75. The summed E-state index contributed by atoms with van der Waals surface area (Å²) in [5.41, 5.74) is -1.55. The third kappa shape index (κ3) is 4.92. The summed E-state index contributed by atoms with van der Waals surface area (Å²) in [4.78, 5) is 11.2. The van der Waals surface area contributed by atoms with Gasteiger partial charge in [0.15, 0.2) is 0 Å². The molecule has 0 rings (SSSR count). The van der Waals surface area contributed by atoms with E-state index in [1.54, 1.807) is 13.8 Å². The van der Waals surface area contributed by atoms with Crippen LogP contribution < -0.4 is 5.32 Å². The summed E-state index contributed by atoms with van der Waals surface area (Å²) in [5.74, 6) is -0.868. The number of hydrogen-bond donors (Lipinski definition) is 3. The molecule has 5 nitrogen and oxygen atoms in total. The molecule has 0 aliphatic carbocycles. The van der Waals surface area contributed by atoms with Gasteiger partial charge in [0.05, 0.1) is 24.2 Å². The average Bonchev–Trinajstić information content (AvgIpc) is 2.23. The minimum absolute atomic E-state index is 0.0723. The first-order valence-corrected chi connectivity index (χ1v) is 6.29. The molecule has 0 aromatic carbocycles. The van der Waals surface area contributed by atoms with Gasteiger partial charge < -0.3 is 20.3 Å². The zero-order valence-corrected chi connectivity index (χ0v) is 12.3. The molecule has 0 spiro atoms. The van der Waals surface area contributed by atoms with Crippen molar-refractivity contribution >= 4 is 5.97 Å². The standard InChI is InChI=1S/C13H27NO4/c1-9(2)18-8-10(15)7-14-13(5,6)12(3,4)11(16)17/h9-10,14-15H,7-8H2,1-6H3,(H,16,17). The van der Waals surface area contributed by atoms with Crippen LogP contribution in [0.15, 0.2) is 0 Å². The lowest BCUT2D eigenvalue weighted by molar-refractivity contribution is -0.151. The average molecular weight is 261 g/mol. The lowest BCUT2D eigenvalue weighted by atomic mass is 9.74. The molecule has 0 aliphatic heterocycles. The second kappa shape index (κ2) is 6.50. The zero-order valence-electron chi connectivity index (χ0n) is 12.3. The first kappa shape index (κ1) is 17.4. The number of carbonyl (C=O) groups is 1. The fraction of sp³-hybridized carbons (Fsp3) is 0.923. The van der Waals surface area contributed by atoms with Gasteiger partial charge in [0, 0.05) is 12.1 Å². The van der Waals surface area contributed by atoms with Gasteiger partial charge in [-0.3, -0.25) is 4.79 Å². The van der Waals surface area contributed by atoms with E-state index in [0.717, 1.165) is 0 Å². The van der Waals surface area contributed by atoms with E-state index in [-0.39, 0.29) is 12.7 Å². The number of aliphatic carboxylic acids is 1. The molecule has 5 heteroatoms. The van der Waals surface area contributed by atoms with Gasteiger partial charge in [-0.1, -0.05) is 0 Å². The van der Waals surface area contributed by atoms with Crippen LogP contribution in [0.4, 0.5) is 0 Å². The molecule has 0 radical (unpaired) electrons. The van der Waals surface area contributed by atoms with Crippen LogP contribution in [0.2, 0.25) is 0 Å². The van der Waals surface area contributed by atoms with E-state index in [2.05, 4.69) is 5.32 Å². The second-order valence-corrected chi connectivity index (χ2v) is 5.97. The van der Waals surface area contributed by atoms with Gasteiger partial charge in [0.1, 0.15) is 0 Å². The number of aliphatic hydroxyl groups excluding tert-OH is 1. The summed E-state index contributed by atoms with van der Waals surface area (Å²) in [6.07, 6.45) is -0.570. The van der Waals surface area contributed by atoms with Crippen LogP contribution in [0.1, 0.15) is 41.5 Å². The number of ether oxygens (including phenoxy) is 1. The maximum atomic E-state index is 11.2. The summed E-state index contributed by atoms with van der Waals surface area (Å²) < 4.78 is 5.30. The van der Waals surface area contributed by atoms with Crippen molar-refractivity contribution in [3.63, 3.8) is 0 Å². The van der Waals surface area contributed by atoms with Crippen molar-refractivity contribution in [2.75, 3.05) is 13.2 Å². The van der Waals surface area contributed by atoms with Gasteiger partial charge in [0.25, 0.3) is 0 Å². The highest BCUT2D eigenvalue weighted by Crippen LogP contribution is 2.30. The second-order valence-electron chi connectivity index (χ2n) is 5.97. The highest BCUT2D eigenvalue weighted by Gasteiger charge is 2.43. The molecule has 0 aromatic heterocycles. The molecule has 0 amide bonds. The zero-order chi connectivity index (χ0) is 14.6. The van der Waals surface area contributed by atoms with Crippen LogP contribution in [-0.2, 0) is 9.53 Å². The van der Waals surface area contributed by atoms with Gasteiger partial charge >= 0.3 is 5.97 Å². The maximum Gasteiger partial charge on any atom is 0.310 e. The predicted octanol–water partition coefficient (Wildman–Crippen LogP) is 1.25. The lowest BCUT2D eigenvalue weighted by Gasteiger charge is -2.39. The van der Waals surface area contributed by atoms with E-state index in [9.17, 15) is 15.0 Å². The van der Waals surface area contributed by atoms with Gasteiger partial charge in [-0.15, -0.1) is 0 Å². The van der Waals surface area contributed by atoms with E-state index < -0.39 is 23.0 Å². The number of nitrogens with one attached hydrogen (secondary N) is 1. The Balaban J connectivity index is 4.30. The number of β-amino-alcohol motifs (C(OH)–C–C–N with tert-alkyl or cyclic N) is 1. The number of carboxylic acid groups (broad SMARTS) is 1. The number of hydrogen-bond acceptors (Lipinski definition) is 4. The SMILES string of the molecule is CC(C)OCC(O)CNC(C)(C)C(C)(C)C(=O)O. The molecule has 1 atom stereocenters. The molecular weight excluding hydrogens is 234 g/mol. The summed E-state index contributed by atoms with van der Waals surface area (Å²) in [6.45, 7) is 11.3. The quantitative estimate of drug-likeness (QED) is 0.613. The molecule has 0 fully saturated rings. The van der Waals surface area contributed by atoms with E-state index in [1.807, 2.05) is 27.7 Å². The molecule has 0 saturated heterocycles. The third-order valence-corrected chi connectivity index (χ3v) is 3.50. The Bertz CT molecular complexity index is 274. The molecular formula is C13H27NO4. The van der Waals surface area contributed by atoms with Crippen LogP contribution in [0.25, 0.3) is 0 Å². The van der Waals surface area contributed by atoms with Gasteiger partial charge in [-0.05, 0) is 41.5 Å². The summed E-state index contributed by atoms with van der Waals surface area (Å²) in [6, 6.07) is 0. The lowest BCUT2D eigenvalue weighted by Crippen LogP contribution is -2.56. The Kier molecular flexibility index (Phi) is 6.26. The molecule has 1 unspecified atom stereocenters. The molecule has 18 heavy (non-hydrogen) atoms. The van der Waals surface area contributed by atoms with E-state index in [0.29, 0.717) is 6.54 Å². The smallest absolute Gasteiger partial charge is 0.310 e. The highest BCUT2D eigenvalue weighted by atomic mass is 16.5. The van der Waals surface area contributed by atoms with E-state index in [4.69, 9.17) is 4.74 Å². The summed E-state index contributed by atoms with van der Waals surface area (Å²) >= 11 is 0. The molecule has 0 aromatic rings. The Morgan fingerprint density at radius 2 is 1.78 bits per heavy atom. The number of carboxylic acids is 1. The van der Waals surface area contributed by atoms with Crippen molar-refractivity contribution in [1.29, 1.82) is 0 Å². The summed E-state index contributed by atoms with van der Waals surface area (Å²) in [7, 11) is 0. The van der Waals surface area contributed by atoms with Gasteiger partial charge in [-0.25, -0.2) is 0 Å². The van der Waals surface area contributed by atoms with Crippen LogP contribution in [0.5, 0.6) is 0 Å². The topological polar surface area (TPSA) is 78.8 Å². The molecule has 0 aliphatic rings. The molecule has 0 bridgehead atoms. The Morgan fingerprint density at radius 3 is 2.17 bits per heavy atom. The van der Waals surface area contributed by atoms with Crippen LogP contribution in [0, 0.1) is 5.41 Å². The fourth-order valence-electron chi connectivity index (χ4n) is 1.22. The minimum atomic E-state index is -0.925. The van der Waals surface area contributed by atoms with Gasteiger partial charge in [-0.2, -0.15) is 0 Å².